The average Bonchev–Trinajstić information content (AvgIpc) is 1.98. The number of ether oxygens (including phenoxy) is 1. The molecule has 0 saturated carbocycles. The Morgan fingerprint density at radius 3 is 2.42 bits per heavy atom. The molecule has 12 heavy (non-hydrogen) atoms. The molecule has 0 rings (SSSR count). The normalized spacial score (nSPS) is 13.8. The average molecular weight is 173 g/mol. The molecule has 0 heterocycles. The standard InChI is InChI=1S/C7H11NO4/c1-4(6(8)10)3-12-7(11)5(2)9/h3,5,9H,1-2H3,(H2,8,10)/b4-3-. The van der Waals surface area contributed by atoms with Crippen LogP contribution in [0.3, 0.4) is 0 Å². The second-order valence-electron chi connectivity index (χ2n) is 2.28. The molecule has 3 N–H and O–H groups in total. The maximum absolute atomic E-state index is 10.6. The van der Waals surface area contributed by atoms with Crippen LogP contribution in [0.4, 0.5) is 0 Å². The molecule has 0 aromatic rings. The molecule has 0 spiro atoms. The summed E-state index contributed by atoms with van der Waals surface area (Å²) < 4.78 is 4.37. The first kappa shape index (κ1) is 10.6. The van der Waals surface area contributed by atoms with Gasteiger partial charge in [-0.1, -0.05) is 0 Å². The molecule has 1 unspecified atom stereocenters. The van der Waals surface area contributed by atoms with E-state index in [9.17, 15) is 9.59 Å². The van der Waals surface area contributed by atoms with E-state index >= 15 is 0 Å². The van der Waals surface area contributed by atoms with E-state index in [0.29, 0.717) is 0 Å². The lowest BCUT2D eigenvalue weighted by atomic mass is 10.3. The molecule has 0 aliphatic heterocycles. The number of aliphatic hydroxyl groups excluding tert-OH is 1. The van der Waals surface area contributed by atoms with Gasteiger partial charge < -0.3 is 15.6 Å². The number of carbonyl (C=O) groups is 2. The van der Waals surface area contributed by atoms with Crippen LogP contribution in [-0.4, -0.2) is 23.1 Å². The summed E-state index contributed by atoms with van der Waals surface area (Å²) in [6.45, 7) is 2.66. The maximum atomic E-state index is 10.6. The summed E-state index contributed by atoms with van der Waals surface area (Å²) in [6.07, 6.45) is -0.292. The summed E-state index contributed by atoms with van der Waals surface area (Å²) in [5.74, 6) is -1.50. The highest BCUT2D eigenvalue weighted by atomic mass is 16.5. The summed E-state index contributed by atoms with van der Waals surface area (Å²) in [5.41, 5.74) is 4.95. The second kappa shape index (κ2) is 4.50. The van der Waals surface area contributed by atoms with Gasteiger partial charge in [-0.25, -0.2) is 4.79 Å². The Bertz CT molecular complexity index is 219. The van der Waals surface area contributed by atoms with Crippen LogP contribution in [0.2, 0.25) is 0 Å². The summed E-state index contributed by atoms with van der Waals surface area (Å²) in [6, 6.07) is 0. The van der Waals surface area contributed by atoms with Crippen LogP contribution in [0.15, 0.2) is 11.8 Å². The van der Waals surface area contributed by atoms with Gasteiger partial charge in [0, 0.05) is 5.57 Å². The number of esters is 1. The van der Waals surface area contributed by atoms with Crippen LogP contribution >= 0.6 is 0 Å². The first-order valence-corrected chi connectivity index (χ1v) is 3.30. The Morgan fingerprint density at radius 1 is 1.58 bits per heavy atom. The van der Waals surface area contributed by atoms with Crippen LogP contribution in [0.25, 0.3) is 0 Å². The van der Waals surface area contributed by atoms with Gasteiger partial charge in [0.25, 0.3) is 0 Å². The minimum Gasteiger partial charge on any atom is -0.432 e. The van der Waals surface area contributed by atoms with Crippen molar-refractivity contribution in [1.82, 2.24) is 0 Å². The fourth-order valence-electron chi connectivity index (χ4n) is 0.303. The fraction of sp³-hybridized carbons (Fsp3) is 0.429. The zero-order valence-corrected chi connectivity index (χ0v) is 6.90. The summed E-state index contributed by atoms with van der Waals surface area (Å²) in [4.78, 5) is 21.0. The molecule has 0 fully saturated rings. The predicted molar refractivity (Wildman–Crippen MR) is 40.7 cm³/mol. The molecule has 0 aromatic heterocycles. The molecule has 68 valence electrons. The number of carbonyl (C=O) groups excluding carboxylic acids is 2. The number of amides is 1. The molecular weight excluding hydrogens is 162 g/mol. The highest BCUT2D eigenvalue weighted by Crippen LogP contribution is 1.94. The Morgan fingerprint density at radius 2 is 2.08 bits per heavy atom. The van der Waals surface area contributed by atoms with E-state index in [-0.39, 0.29) is 5.57 Å². The maximum Gasteiger partial charge on any atom is 0.339 e. The third kappa shape index (κ3) is 3.72. The monoisotopic (exact) mass is 173 g/mol. The van der Waals surface area contributed by atoms with Crippen molar-refractivity contribution in [3.05, 3.63) is 11.8 Å². The topological polar surface area (TPSA) is 89.6 Å². The Kier molecular flexibility index (Phi) is 3.99. The number of primary amides is 1. The van der Waals surface area contributed by atoms with Crippen molar-refractivity contribution < 1.29 is 19.4 Å². The molecule has 5 nitrogen and oxygen atoms in total. The molecule has 0 saturated heterocycles. The van der Waals surface area contributed by atoms with Gasteiger partial charge in [-0.3, -0.25) is 4.79 Å². The second-order valence-corrected chi connectivity index (χ2v) is 2.28. The Hall–Kier alpha value is -1.36. The zero-order chi connectivity index (χ0) is 9.72. The molecular formula is C7H11NO4. The van der Waals surface area contributed by atoms with Gasteiger partial charge in [0.05, 0.1) is 0 Å². The van der Waals surface area contributed by atoms with E-state index in [2.05, 4.69) is 4.74 Å². The summed E-state index contributed by atoms with van der Waals surface area (Å²) in [7, 11) is 0. The van der Waals surface area contributed by atoms with Crippen LogP contribution in [0.1, 0.15) is 13.8 Å². The lowest BCUT2D eigenvalue weighted by molar-refractivity contribution is -0.146. The summed E-state index contributed by atoms with van der Waals surface area (Å²) in [5, 5.41) is 8.65. The smallest absolute Gasteiger partial charge is 0.339 e. The number of hydrogen-bond donors (Lipinski definition) is 2. The van der Waals surface area contributed by atoms with Crippen LogP contribution < -0.4 is 5.73 Å². The van der Waals surface area contributed by atoms with Crippen molar-refractivity contribution in [3.63, 3.8) is 0 Å². The highest BCUT2D eigenvalue weighted by Gasteiger charge is 2.09. The minimum absolute atomic E-state index is 0.115. The number of nitrogens with two attached hydrogens (primary N) is 1. The largest absolute Gasteiger partial charge is 0.432 e. The van der Waals surface area contributed by atoms with Gasteiger partial charge >= 0.3 is 5.97 Å². The summed E-state index contributed by atoms with van der Waals surface area (Å²) >= 11 is 0. The third-order valence-corrected chi connectivity index (χ3v) is 1.08. The van der Waals surface area contributed by atoms with Crippen molar-refractivity contribution in [3.8, 4) is 0 Å². The van der Waals surface area contributed by atoms with Gasteiger partial charge in [0.2, 0.25) is 5.91 Å². The molecule has 0 bridgehead atoms. The number of hydrogen-bond acceptors (Lipinski definition) is 4. The van der Waals surface area contributed by atoms with Crippen molar-refractivity contribution >= 4 is 11.9 Å². The van der Waals surface area contributed by atoms with E-state index in [4.69, 9.17) is 10.8 Å². The molecule has 1 atom stereocenters. The SMILES string of the molecule is C/C(=C/OC(=O)C(C)O)C(N)=O. The van der Waals surface area contributed by atoms with Crippen molar-refractivity contribution in [2.24, 2.45) is 5.73 Å². The molecule has 0 aliphatic carbocycles. The van der Waals surface area contributed by atoms with Crippen LogP contribution in [0.5, 0.6) is 0 Å². The van der Waals surface area contributed by atoms with E-state index in [1.54, 1.807) is 0 Å². The van der Waals surface area contributed by atoms with Gasteiger partial charge in [-0.05, 0) is 13.8 Å². The van der Waals surface area contributed by atoms with Gasteiger partial charge in [-0.2, -0.15) is 0 Å². The number of rotatable bonds is 3. The molecule has 1 amide bonds. The quantitative estimate of drug-likeness (QED) is 0.335. The zero-order valence-electron chi connectivity index (χ0n) is 6.90. The molecule has 0 aromatic carbocycles. The van der Waals surface area contributed by atoms with E-state index in [0.717, 1.165) is 6.26 Å². The van der Waals surface area contributed by atoms with Gasteiger partial charge in [0.1, 0.15) is 12.4 Å². The van der Waals surface area contributed by atoms with Crippen LogP contribution in [0, 0.1) is 0 Å². The van der Waals surface area contributed by atoms with E-state index < -0.39 is 18.0 Å². The van der Waals surface area contributed by atoms with Crippen LogP contribution in [-0.2, 0) is 14.3 Å². The highest BCUT2D eigenvalue weighted by molar-refractivity contribution is 5.91. The third-order valence-electron chi connectivity index (χ3n) is 1.08. The minimum atomic E-state index is -1.21. The first-order valence-electron chi connectivity index (χ1n) is 3.30. The fourth-order valence-corrected chi connectivity index (χ4v) is 0.303. The van der Waals surface area contributed by atoms with E-state index in [1.165, 1.54) is 13.8 Å². The van der Waals surface area contributed by atoms with Crippen molar-refractivity contribution in [1.29, 1.82) is 0 Å². The van der Waals surface area contributed by atoms with Crippen molar-refractivity contribution in [2.45, 2.75) is 20.0 Å². The Balaban J connectivity index is 4.05. The molecule has 0 radical (unpaired) electrons. The van der Waals surface area contributed by atoms with Gasteiger partial charge in [0.15, 0.2) is 0 Å². The lowest BCUT2D eigenvalue weighted by Gasteiger charge is -2.01. The number of aliphatic hydroxyl groups is 1. The lowest BCUT2D eigenvalue weighted by Crippen LogP contribution is -2.18. The van der Waals surface area contributed by atoms with Crippen molar-refractivity contribution in [2.75, 3.05) is 0 Å². The Labute approximate surface area is 69.8 Å². The first-order chi connectivity index (χ1) is 5.45. The molecule has 5 heteroatoms. The predicted octanol–water partition coefficient (Wildman–Crippen LogP) is -0.701. The van der Waals surface area contributed by atoms with Gasteiger partial charge in [-0.15, -0.1) is 0 Å². The van der Waals surface area contributed by atoms with E-state index in [1.807, 2.05) is 0 Å². The molecule has 0 aliphatic rings.